The van der Waals surface area contributed by atoms with Crippen LogP contribution in [0.1, 0.15) is 43.4 Å². The van der Waals surface area contributed by atoms with Crippen LogP contribution in [-0.4, -0.2) is 13.1 Å². The molecule has 0 radical (unpaired) electrons. The van der Waals surface area contributed by atoms with Gasteiger partial charge >= 0.3 is 0 Å². The summed E-state index contributed by atoms with van der Waals surface area (Å²) in [4.78, 5) is 2.42. The van der Waals surface area contributed by atoms with Crippen molar-refractivity contribution in [2.45, 2.75) is 32.2 Å². The first-order valence-electron chi connectivity index (χ1n) is 9.28. The monoisotopic (exact) mass is 352 g/mol. The minimum atomic E-state index is 0.337. The summed E-state index contributed by atoms with van der Waals surface area (Å²) in [5.41, 5.74) is 5.35. The standard InChI is InChI=1S/C22H25ClN2/c1-3-25(4-2)17-12-13-21-20(14-17)18-6-5-7-19(18)22(24-21)15-8-10-16(23)11-9-15/h5-6,8-14,18-19,22,24H,3-4,7H2,1-2H3. The van der Waals surface area contributed by atoms with E-state index >= 15 is 0 Å². The minimum absolute atomic E-state index is 0.337. The van der Waals surface area contributed by atoms with Crippen molar-refractivity contribution >= 4 is 23.0 Å². The van der Waals surface area contributed by atoms with Gasteiger partial charge in [-0.25, -0.2) is 0 Å². The van der Waals surface area contributed by atoms with Crippen molar-refractivity contribution in [3.8, 4) is 0 Å². The Morgan fingerprint density at radius 1 is 1.08 bits per heavy atom. The molecule has 2 nitrogen and oxygen atoms in total. The van der Waals surface area contributed by atoms with Crippen molar-refractivity contribution in [1.82, 2.24) is 0 Å². The molecule has 1 aliphatic carbocycles. The van der Waals surface area contributed by atoms with E-state index in [4.69, 9.17) is 11.6 Å². The number of halogens is 1. The first-order valence-corrected chi connectivity index (χ1v) is 9.66. The van der Waals surface area contributed by atoms with Crippen molar-refractivity contribution in [2.75, 3.05) is 23.3 Å². The highest BCUT2D eigenvalue weighted by molar-refractivity contribution is 6.30. The summed E-state index contributed by atoms with van der Waals surface area (Å²) in [5, 5.41) is 4.60. The van der Waals surface area contributed by atoms with E-state index in [2.05, 4.69) is 66.5 Å². The zero-order valence-corrected chi connectivity index (χ0v) is 15.6. The Kier molecular flexibility index (Phi) is 4.47. The summed E-state index contributed by atoms with van der Waals surface area (Å²) >= 11 is 6.08. The van der Waals surface area contributed by atoms with Crippen LogP contribution >= 0.6 is 11.6 Å². The van der Waals surface area contributed by atoms with Crippen LogP contribution in [0.4, 0.5) is 11.4 Å². The van der Waals surface area contributed by atoms with E-state index in [9.17, 15) is 0 Å². The largest absolute Gasteiger partial charge is 0.378 e. The van der Waals surface area contributed by atoms with Gasteiger partial charge in [0.2, 0.25) is 0 Å². The van der Waals surface area contributed by atoms with Crippen LogP contribution in [0.25, 0.3) is 0 Å². The SMILES string of the molecule is CCN(CC)c1ccc2c(c1)C1C=CCC1C(c1ccc(Cl)cc1)N2. The second-order valence-electron chi connectivity index (χ2n) is 6.97. The molecule has 0 fully saturated rings. The number of hydrogen-bond acceptors (Lipinski definition) is 2. The molecule has 1 N–H and O–H groups in total. The van der Waals surface area contributed by atoms with Crippen molar-refractivity contribution in [3.05, 3.63) is 70.8 Å². The molecule has 25 heavy (non-hydrogen) atoms. The topological polar surface area (TPSA) is 15.3 Å². The van der Waals surface area contributed by atoms with Gasteiger partial charge in [-0.1, -0.05) is 35.9 Å². The molecule has 4 rings (SSSR count). The fourth-order valence-corrected chi connectivity index (χ4v) is 4.49. The fraction of sp³-hybridized carbons (Fsp3) is 0.364. The summed E-state index contributed by atoms with van der Waals surface area (Å²) in [6, 6.07) is 15.5. The average molecular weight is 353 g/mol. The Balaban J connectivity index is 1.72. The minimum Gasteiger partial charge on any atom is -0.378 e. The molecule has 2 aliphatic rings. The molecule has 2 aromatic rings. The maximum absolute atomic E-state index is 6.08. The molecule has 3 unspecified atom stereocenters. The fourth-order valence-electron chi connectivity index (χ4n) is 4.37. The Labute approximate surface area is 155 Å². The van der Waals surface area contributed by atoms with E-state index in [0.29, 0.717) is 17.9 Å². The molecule has 0 amide bonds. The molecule has 1 heterocycles. The molecule has 0 bridgehead atoms. The van der Waals surface area contributed by atoms with E-state index in [1.165, 1.54) is 22.5 Å². The third kappa shape index (κ3) is 2.93. The third-order valence-corrected chi connectivity index (χ3v) is 5.96. The van der Waals surface area contributed by atoms with E-state index in [0.717, 1.165) is 24.5 Å². The van der Waals surface area contributed by atoms with Crippen LogP contribution in [-0.2, 0) is 0 Å². The van der Waals surface area contributed by atoms with Gasteiger partial charge in [-0.15, -0.1) is 0 Å². The second-order valence-corrected chi connectivity index (χ2v) is 7.41. The van der Waals surface area contributed by atoms with Crippen LogP contribution < -0.4 is 10.2 Å². The maximum Gasteiger partial charge on any atom is 0.0553 e. The smallest absolute Gasteiger partial charge is 0.0553 e. The second kappa shape index (κ2) is 6.76. The lowest BCUT2D eigenvalue weighted by molar-refractivity contribution is 0.425. The van der Waals surface area contributed by atoms with Crippen molar-refractivity contribution < 1.29 is 0 Å². The highest BCUT2D eigenvalue weighted by Crippen LogP contribution is 2.50. The van der Waals surface area contributed by atoms with Crippen molar-refractivity contribution in [2.24, 2.45) is 5.92 Å². The Morgan fingerprint density at radius 3 is 2.56 bits per heavy atom. The van der Waals surface area contributed by atoms with Gasteiger partial charge in [0, 0.05) is 35.4 Å². The van der Waals surface area contributed by atoms with E-state index in [1.54, 1.807) is 0 Å². The Morgan fingerprint density at radius 2 is 1.84 bits per heavy atom. The van der Waals surface area contributed by atoms with Crippen LogP contribution in [0.2, 0.25) is 5.02 Å². The van der Waals surface area contributed by atoms with Gasteiger partial charge < -0.3 is 10.2 Å². The van der Waals surface area contributed by atoms with Gasteiger partial charge in [0.25, 0.3) is 0 Å². The lowest BCUT2D eigenvalue weighted by Gasteiger charge is -2.38. The maximum atomic E-state index is 6.08. The lowest BCUT2D eigenvalue weighted by atomic mass is 9.77. The normalized spacial score (nSPS) is 23.7. The number of anilines is 2. The number of rotatable bonds is 4. The third-order valence-electron chi connectivity index (χ3n) is 5.70. The van der Waals surface area contributed by atoms with Gasteiger partial charge in [0.05, 0.1) is 6.04 Å². The summed E-state index contributed by atoms with van der Waals surface area (Å²) in [6.07, 6.45) is 5.87. The molecule has 1 aliphatic heterocycles. The number of fused-ring (bicyclic) bond motifs is 3. The first-order chi connectivity index (χ1) is 12.2. The molecular formula is C22H25ClN2. The molecule has 0 aromatic heterocycles. The van der Waals surface area contributed by atoms with E-state index in [1.807, 2.05) is 12.1 Å². The average Bonchev–Trinajstić information content (AvgIpc) is 3.13. The summed E-state index contributed by atoms with van der Waals surface area (Å²) < 4.78 is 0. The number of benzene rings is 2. The molecule has 0 saturated carbocycles. The molecule has 3 heteroatoms. The zero-order chi connectivity index (χ0) is 17.4. The summed E-state index contributed by atoms with van der Waals surface area (Å²) in [7, 11) is 0. The highest BCUT2D eigenvalue weighted by atomic mass is 35.5. The van der Waals surface area contributed by atoms with Gasteiger partial charge in [-0.3, -0.25) is 0 Å². The number of allylic oxidation sites excluding steroid dienone is 2. The van der Waals surface area contributed by atoms with Crippen molar-refractivity contribution in [3.63, 3.8) is 0 Å². The predicted molar refractivity (Wildman–Crippen MR) is 108 cm³/mol. The molecule has 0 saturated heterocycles. The molecular weight excluding hydrogens is 328 g/mol. The predicted octanol–water partition coefficient (Wildman–Crippen LogP) is 6.01. The van der Waals surface area contributed by atoms with Crippen LogP contribution in [0.3, 0.4) is 0 Å². The van der Waals surface area contributed by atoms with Gasteiger partial charge in [0.15, 0.2) is 0 Å². The molecule has 130 valence electrons. The van der Waals surface area contributed by atoms with Crippen molar-refractivity contribution in [1.29, 1.82) is 0 Å². The Bertz CT molecular complexity index is 777. The number of hydrogen-bond donors (Lipinski definition) is 1. The van der Waals surface area contributed by atoms with Gasteiger partial charge in [0.1, 0.15) is 0 Å². The molecule has 0 spiro atoms. The first kappa shape index (κ1) is 16.5. The van der Waals surface area contributed by atoms with Gasteiger partial charge in [-0.2, -0.15) is 0 Å². The molecule has 2 aromatic carbocycles. The lowest BCUT2D eigenvalue weighted by Crippen LogP contribution is -2.29. The van der Waals surface area contributed by atoms with Crippen LogP contribution in [0.15, 0.2) is 54.6 Å². The quantitative estimate of drug-likeness (QED) is 0.677. The highest BCUT2D eigenvalue weighted by Gasteiger charge is 2.38. The number of nitrogens with one attached hydrogen (secondary N) is 1. The van der Waals surface area contributed by atoms with E-state index in [-0.39, 0.29) is 0 Å². The Hall–Kier alpha value is -1.93. The van der Waals surface area contributed by atoms with E-state index < -0.39 is 0 Å². The number of nitrogens with zero attached hydrogens (tertiary/aromatic N) is 1. The summed E-state index contributed by atoms with van der Waals surface area (Å²) in [6.45, 7) is 6.52. The zero-order valence-electron chi connectivity index (χ0n) is 14.9. The van der Waals surface area contributed by atoms with Crippen LogP contribution in [0, 0.1) is 5.92 Å². The summed E-state index contributed by atoms with van der Waals surface area (Å²) in [5.74, 6) is 1.06. The molecule has 3 atom stereocenters. The van der Waals surface area contributed by atoms with Crippen LogP contribution in [0.5, 0.6) is 0 Å². The van der Waals surface area contributed by atoms with Gasteiger partial charge in [-0.05, 0) is 67.6 Å².